The van der Waals surface area contributed by atoms with E-state index < -0.39 is 6.10 Å². The first-order chi connectivity index (χ1) is 5.89. The Kier molecular flexibility index (Phi) is 4.62. The van der Waals surface area contributed by atoms with E-state index in [9.17, 15) is 9.90 Å². The number of hydrogen-bond acceptors (Lipinski definition) is 2. The van der Waals surface area contributed by atoms with Crippen molar-refractivity contribution in [2.24, 2.45) is 11.3 Å². The van der Waals surface area contributed by atoms with Crippen LogP contribution in [-0.2, 0) is 4.79 Å². The zero-order valence-electron chi connectivity index (χ0n) is 9.42. The maximum Gasteiger partial charge on any atom is 0.164 e. The SMILES string of the molecule is CCC(C)(CC)C(O)C(=O)C(C)C. The third-order valence-electron chi connectivity index (χ3n) is 3.11. The Bertz CT molecular complexity index is 169. The van der Waals surface area contributed by atoms with Gasteiger partial charge in [0.1, 0.15) is 6.10 Å². The van der Waals surface area contributed by atoms with Crippen LogP contribution in [0.2, 0.25) is 0 Å². The average Bonchev–Trinajstić information content (AvgIpc) is 2.14. The first-order valence-corrected chi connectivity index (χ1v) is 5.10. The van der Waals surface area contributed by atoms with Crippen LogP contribution in [-0.4, -0.2) is 17.0 Å². The van der Waals surface area contributed by atoms with E-state index in [2.05, 4.69) is 0 Å². The summed E-state index contributed by atoms with van der Waals surface area (Å²) in [5.41, 5.74) is -0.249. The number of hydrogen-bond donors (Lipinski definition) is 1. The van der Waals surface area contributed by atoms with Crippen molar-refractivity contribution in [2.75, 3.05) is 0 Å². The van der Waals surface area contributed by atoms with Gasteiger partial charge in [0.05, 0.1) is 0 Å². The number of carbonyl (C=O) groups excluding carboxylic acids is 1. The number of rotatable bonds is 5. The summed E-state index contributed by atoms with van der Waals surface area (Å²) >= 11 is 0. The molecule has 13 heavy (non-hydrogen) atoms. The molecular formula is C11H22O2. The summed E-state index contributed by atoms with van der Waals surface area (Å²) in [6.07, 6.45) is 0.870. The number of ketones is 1. The summed E-state index contributed by atoms with van der Waals surface area (Å²) < 4.78 is 0. The molecule has 1 atom stereocenters. The van der Waals surface area contributed by atoms with Gasteiger partial charge >= 0.3 is 0 Å². The van der Waals surface area contributed by atoms with Crippen molar-refractivity contribution < 1.29 is 9.90 Å². The van der Waals surface area contributed by atoms with Gasteiger partial charge in [0, 0.05) is 11.3 Å². The lowest BCUT2D eigenvalue weighted by Gasteiger charge is -2.32. The molecule has 1 unspecified atom stereocenters. The first kappa shape index (κ1) is 12.6. The summed E-state index contributed by atoms with van der Waals surface area (Å²) in [5.74, 6) is -0.112. The minimum Gasteiger partial charge on any atom is -0.385 e. The second-order valence-corrected chi connectivity index (χ2v) is 4.32. The molecule has 0 aliphatic rings. The van der Waals surface area contributed by atoms with E-state index >= 15 is 0 Å². The van der Waals surface area contributed by atoms with Crippen LogP contribution in [0, 0.1) is 11.3 Å². The van der Waals surface area contributed by atoms with Gasteiger partial charge in [-0.2, -0.15) is 0 Å². The van der Waals surface area contributed by atoms with E-state index in [0.717, 1.165) is 12.8 Å². The molecule has 2 heteroatoms. The van der Waals surface area contributed by atoms with Gasteiger partial charge in [-0.05, 0) is 12.8 Å². The molecular weight excluding hydrogens is 164 g/mol. The Hall–Kier alpha value is -0.370. The normalized spacial score (nSPS) is 14.7. The van der Waals surface area contributed by atoms with Gasteiger partial charge in [-0.15, -0.1) is 0 Å². The molecule has 0 fully saturated rings. The molecule has 0 radical (unpaired) electrons. The highest BCUT2D eigenvalue weighted by atomic mass is 16.3. The molecule has 0 aromatic carbocycles. The molecule has 0 aromatic heterocycles. The molecule has 0 heterocycles. The predicted octanol–water partition coefficient (Wildman–Crippen LogP) is 2.40. The lowest BCUT2D eigenvalue weighted by atomic mass is 9.76. The van der Waals surface area contributed by atoms with Crippen molar-refractivity contribution >= 4 is 5.78 Å². The third kappa shape index (κ3) is 2.80. The Morgan fingerprint density at radius 3 is 1.92 bits per heavy atom. The molecule has 0 spiro atoms. The molecule has 0 amide bonds. The van der Waals surface area contributed by atoms with Crippen LogP contribution >= 0.6 is 0 Å². The van der Waals surface area contributed by atoms with Crippen molar-refractivity contribution in [2.45, 2.75) is 53.6 Å². The number of carbonyl (C=O) groups is 1. The summed E-state index contributed by atoms with van der Waals surface area (Å²) in [7, 11) is 0. The van der Waals surface area contributed by atoms with Crippen LogP contribution in [0.4, 0.5) is 0 Å². The molecule has 0 saturated carbocycles. The van der Waals surface area contributed by atoms with Crippen LogP contribution in [0.3, 0.4) is 0 Å². The highest BCUT2D eigenvalue weighted by Crippen LogP contribution is 2.31. The minimum atomic E-state index is -0.803. The zero-order valence-corrected chi connectivity index (χ0v) is 9.42. The van der Waals surface area contributed by atoms with Crippen molar-refractivity contribution in [1.29, 1.82) is 0 Å². The number of aliphatic hydroxyl groups excluding tert-OH is 1. The molecule has 0 aliphatic heterocycles. The van der Waals surface area contributed by atoms with Crippen LogP contribution < -0.4 is 0 Å². The quantitative estimate of drug-likeness (QED) is 0.716. The fourth-order valence-corrected chi connectivity index (χ4v) is 1.30. The maximum atomic E-state index is 11.6. The number of aliphatic hydroxyl groups is 1. The van der Waals surface area contributed by atoms with Gasteiger partial charge in [-0.3, -0.25) is 4.79 Å². The minimum absolute atomic E-state index is 0.0359. The van der Waals surface area contributed by atoms with Crippen LogP contribution in [0.1, 0.15) is 47.5 Å². The van der Waals surface area contributed by atoms with E-state index in [4.69, 9.17) is 0 Å². The molecule has 1 N–H and O–H groups in total. The van der Waals surface area contributed by atoms with Gasteiger partial charge in [0.2, 0.25) is 0 Å². The first-order valence-electron chi connectivity index (χ1n) is 5.10. The number of Topliss-reactive ketones (excluding diaryl/α,β-unsaturated/α-hetero) is 1. The summed E-state index contributed by atoms with van der Waals surface area (Å²) in [6, 6.07) is 0. The highest BCUT2D eigenvalue weighted by Gasteiger charge is 2.35. The monoisotopic (exact) mass is 186 g/mol. The molecule has 2 nitrogen and oxygen atoms in total. The Morgan fingerprint density at radius 1 is 1.31 bits per heavy atom. The van der Waals surface area contributed by atoms with Crippen molar-refractivity contribution in [3.63, 3.8) is 0 Å². The maximum absolute atomic E-state index is 11.6. The van der Waals surface area contributed by atoms with Crippen molar-refractivity contribution in [3.05, 3.63) is 0 Å². The largest absolute Gasteiger partial charge is 0.385 e. The van der Waals surface area contributed by atoms with Gasteiger partial charge in [0.15, 0.2) is 5.78 Å². The zero-order chi connectivity index (χ0) is 10.6. The lowest BCUT2D eigenvalue weighted by molar-refractivity contribution is -0.137. The summed E-state index contributed by atoms with van der Waals surface area (Å²) in [5, 5.41) is 9.86. The molecule has 78 valence electrons. The van der Waals surface area contributed by atoms with E-state index in [1.165, 1.54) is 0 Å². The lowest BCUT2D eigenvalue weighted by Crippen LogP contribution is -2.40. The molecule has 0 rings (SSSR count). The van der Waals surface area contributed by atoms with Crippen molar-refractivity contribution in [3.8, 4) is 0 Å². The Balaban J connectivity index is 4.55. The topological polar surface area (TPSA) is 37.3 Å². The third-order valence-corrected chi connectivity index (χ3v) is 3.11. The molecule has 0 saturated heterocycles. The van der Waals surface area contributed by atoms with Crippen molar-refractivity contribution in [1.82, 2.24) is 0 Å². The van der Waals surface area contributed by atoms with Crippen LogP contribution in [0.15, 0.2) is 0 Å². The second-order valence-electron chi connectivity index (χ2n) is 4.32. The van der Waals surface area contributed by atoms with Gasteiger partial charge in [-0.25, -0.2) is 0 Å². The molecule has 0 bridgehead atoms. The fourth-order valence-electron chi connectivity index (χ4n) is 1.30. The summed E-state index contributed by atoms with van der Waals surface area (Å²) in [4.78, 5) is 11.6. The predicted molar refractivity (Wildman–Crippen MR) is 54.5 cm³/mol. The Labute approximate surface area is 81.3 Å². The van der Waals surface area contributed by atoms with Gasteiger partial charge in [0.25, 0.3) is 0 Å². The standard InChI is InChI=1S/C11H22O2/c1-6-11(5,7-2)10(13)9(12)8(3)4/h8,10,13H,6-7H2,1-5H3. The highest BCUT2D eigenvalue weighted by molar-refractivity contribution is 5.85. The molecule has 0 aliphatic carbocycles. The fraction of sp³-hybridized carbons (Fsp3) is 0.909. The van der Waals surface area contributed by atoms with E-state index in [0.29, 0.717) is 0 Å². The second kappa shape index (κ2) is 4.75. The smallest absolute Gasteiger partial charge is 0.164 e. The van der Waals surface area contributed by atoms with E-state index in [-0.39, 0.29) is 17.1 Å². The van der Waals surface area contributed by atoms with E-state index in [1.54, 1.807) is 0 Å². The van der Waals surface area contributed by atoms with Gasteiger partial charge in [-0.1, -0.05) is 34.6 Å². The molecule has 0 aromatic rings. The summed E-state index contributed by atoms with van der Waals surface area (Å²) in [6.45, 7) is 9.66. The van der Waals surface area contributed by atoms with Crippen LogP contribution in [0.25, 0.3) is 0 Å². The van der Waals surface area contributed by atoms with Gasteiger partial charge < -0.3 is 5.11 Å². The van der Waals surface area contributed by atoms with E-state index in [1.807, 2.05) is 34.6 Å². The average molecular weight is 186 g/mol. The van der Waals surface area contributed by atoms with Crippen LogP contribution in [0.5, 0.6) is 0 Å². The Morgan fingerprint density at radius 2 is 1.69 bits per heavy atom.